The van der Waals surface area contributed by atoms with Gasteiger partial charge in [-0.1, -0.05) is 42.5 Å². The van der Waals surface area contributed by atoms with Crippen molar-refractivity contribution in [1.82, 2.24) is 24.9 Å². The molecule has 11 heteroatoms. The van der Waals surface area contributed by atoms with E-state index < -0.39 is 23.4 Å². The van der Waals surface area contributed by atoms with Crippen molar-refractivity contribution in [1.29, 1.82) is 0 Å². The molecule has 0 aliphatic carbocycles. The fourth-order valence-electron chi connectivity index (χ4n) is 3.88. The highest BCUT2D eigenvalue weighted by Crippen LogP contribution is 2.34. The number of aromatic nitrogens is 4. The highest BCUT2D eigenvalue weighted by molar-refractivity contribution is 7.98. The molecule has 2 heterocycles. The first-order chi connectivity index (χ1) is 17.8. The highest BCUT2D eigenvalue weighted by atomic mass is 32.2. The minimum atomic E-state index is -4.57. The lowest BCUT2D eigenvalue weighted by molar-refractivity contribution is -0.119. The van der Waals surface area contributed by atoms with Crippen LogP contribution in [-0.4, -0.2) is 31.6 Å². The molecule has 0 bridgehead atoms. The monoisotopic (exact) mass is 523 g/mol. The maximum absolute atomic E-state index is 12.5. The molecule has 3 N–H and O–H groups in total. The van der Waals surface area contributed by atoms with Crippen LogP contribution in [0.3, 0.4) is 0 Å². The Labute approximate surface area is 213 Å². The number of H-pyrrole nitrogens is 2. The van der Waals surface area contributed by atoms with Crippen molar-refractivity contribution < 1.29 is 22.7 Å². The van der Waals surface area contributed by atoms with Crippen molar-refractivity contribution >= 4 is 28.8 Å². The summed E-state index contributed by atoms with van der Waals surface area (Å²) in [6.45, 7) is 0. The van der Waals surface area contributed by atoms with Crippen molar-refractivity contribution in [3.63, 3.8) is 0 Å². The number of aromatic amines is 2. The number of alkyl halides is 3. The normalized spacial score (nSPS) is 11.5. The van der Waals surface area contributed by atoms with E-state index in [2.05, 4.69) is 20.2 Å². The number of ether oxygens (including phenoxy) is 1. The van der Waals surface area contributed by atoms with Crippen molar-refractivity contribution in [3.8, 4) is 22.9 Å². The van der Waals surface area contributed by atoms with E-state index in [0.29, 0.717) is 34.7 Å². The van der Waals surface area contributed by atoms with Gasteiger partial charge in [0.05, 0.1) is 18.4 Å². The van der Waals surface area contributed by atoms with Gasteiger partial charge in [-0.05, 0) is 35.9 Å². The van der Waals surface area contributed by atoms with Crippen LogP contribution in [0.15, 0.2) is 79.0 Å². The molecule has 0 aliphatic heterocycles. The SMILES string of the molecule is O=C(Cc1c(Oc2cccc(-c3n[nH]c(Cc4ccccc4)n3)c2)ccc2[nH]ccc12)NSC(F)(F)F. The van der Waals surface area contributed by atoms with Gasteiger partial charge in [0.2, 0.25) is 5.91 Å². The van der Waals surface area contributed by atoms with Crippen LogP contribution < -0.4 is 9.46 Å². The first-order valence-electron chi connectivity index (χ1n) is 11.2. The summed E-state index contributed by atoms with van der Waals surface area (Å²) in [6, 6.07) is 22.3. The molecule has 0 aliphatic rings. The van der Waals surface area contributed by atoms with Gasteiger partial charge in [0, 0.05) is 34.6 Å². The largest absolute Gasteiger partial charge is 0.461 e. The molecule has 188 valence electrons. The summed E-state index contributed by atoms with van der Waals surface area (Å²) in [5.74, 6) is 1.25. The lowest BCUT2D eigenvalue weighted by Gasteiger charge is -2.13. The second kappa shape index (κ2) is 10.4. The van der Waals surface area contributed by atoms with Gasteiger partial charge in [-0.15, -0.1) is 0 Å². The Bertz CT molecular complexity index is 1530. The fraction of sp³-hybridized carbons (Fsp3) is 0.115. The third-order valence-corrected chi connectivity index (χ3v) is 6.05. The Kier molecular flexibility index (Phi) is 6.87. The first kappa shape index (κ1) is 24.4. The lowest BCUT2D eigenvalue weighted by atomic mass is 10.1. The van der Waals surface area contributed by atoms with Crippen molar-refractivity contribution in [2.75, 3.05) is 0 Å². The van der Waals surface area contributed by atoms with Gasteiger partial charge < -0.3 is 9.72 Å². The number of nitrogens with zero attached hydrogens (tertiary/aromatic N) is 2. The molecule has 0 saturated carbocycles. The third kappa shape index (κ3) is 6.12. The van der Waals surface area contributed by atoms with E-state index in [1.54, 1.807) is 42.6 Å². The van der Waals surface area contributed by atoms with Crippen molar-refractivity contribution in [3.05, 3.63) is 95.9 Å². The number of fused-ring (bicyclic) bond motifs is 1. The topological polar surface area (TPSA) is 95.7 Å². The molecule has 0 saturated heterocycles. The minimum Gasteiger partial charge on any atom is -0.457 e. The predicted octanol–water partition coefficient (Wildman–Crippen LogP) is 6.16. The second-order valence-corrected chi connectivity index (χ2v) is 9.00. The number of halogens is 3. The van der Waals surface area contributed by atoms with E-state index in [-0.39, 0.29) is 6.42 Å². The molecule has 5 rings (SSSR count). The Balaban J connectivity index is 1.37. The molecule has 0 fully saturated rings. The molecule has 3 aromatic carbocycles. The average molecular weight is 524 g/mol. The number of nitrogens with one attached hydrogen (secondary N) is 3. The van der Waals surface area contributed by atoms with Gasteiger partial charge in [-0.25, -0.2) is 4.98 Å². The smallest absolute Gasteiger partial charge is 0.457 e. The van der Waals surface area contributed by atoms with Crippen LogP contribution in [0.25, 0.3) is 22.3 Å². The zero-order chi connectivity index (χ0) is 25.8. The van der Waals surface area contributed by atoms with Crippen LogP contribution in [0.1, 0.15) is 17.0 Å². The zero-order valence-corrected chi connectivity index (χ0v) is 20.0. The summed E-state index contributed by atoms with van der Waals surface area (Å²) in [4.78, 5) is 19.9. The Hall–Kier alpha value is -4.25. The Morgan fingerprint density at radius 3 is 2.68 bits per heavy atom. The van der Waals surface area contributed by atoms with Gasteiger partial charge in [0.15, 0.2) is 5.82 Å². The Morgan fingerprint density at radius 2 is 1.86 bits per heavy atom. The molecule has 5 aromatic rings. The summed E-state index contributed by atoms with van der Waals surface area (Å²) in [5, 5.41) is 7.96. The predicted molar refractivity (Wildman–Crippen MR) is 135 cm³/mol. The summed E-state index contributed by atoms with van der Waals surface area (Å²) in [6.07, 6.45) is 2.01. The van der Waals surface area contributed by atoms with Gasteiger partial charge >= 0.3 is 5.51 Å². The number of rotatable bonds is 8. The molecule has 1 amide bonds. The number of carbonyl (C=O) groups excluding carboxylic acids is 1. The summed E-state index contributed by atoms with van der Waals surface area (Å²) in [7, 11) is 0. The summed E-state index contributed by atoms with van der Waals surface area (Å²) in [5.41, 5.74) is -1.55. The molecule has 0 atom stereocenters. The van der Waals surface area contributed by atoms with Gasteiger partial charge in [-0.2, -0.15) is 18.3 Å². The summed E-state index contributed by atoms with van der Waals surface area (Å²) >= 11 is -0.585. The fourth-order valence-corrected chi connectivity index (χ4v) is 4.19. The van der Waals surface area contributed by atoms with Crippen LogP contribution in [0.5, 0.6) is 11.5 Å². The van der Waals surface area contributed by atoms with Gasteiger partial charge in [-0.3, -0.25) is 14.6 Å². The van der Waals surface area contributed by atoms with Gasteiger partial charge in [0.1, 0.15) is 17.3 Å². The standard InChI is InChI=1S/C26H20F3N5O2S/c27-26(28,29)37-34-24(35)15-20-19-11-12-30-21(19)9-10-22(20)36-18-8-4-7-17(14-18)25-31-23(32-33-25)13-16-5-2-1-3-6-16/h1-12,14,30H,13,15H2,(H,34,35)(H,31,32,33). The van der Waals surface area contributed by atoms with Crippen LogP contribution in [0, 0.1) is 0 Å². The summed E-state index contributed by atoms with van der Waals surface area (Å²) < 4.78 is 45.5. The maximum atomic E-state index is 12.5. The molecule has 0 spiro atoms. The van der Waals surface area contributed by atoms with E-state index in [9.17, 15) is 18.0 Å². The van der Waals surface area contributed by atoms with E-state index in [4.69, 9.17) is 4.74 Å². The number of carbonyl (C=O) groups is 1. The lowest BCUT2D eigenvalue weighted by Crippen LogP contribution is -2.22. The highest BCUT2D eigenvalue weighted by Gasteiger charge is 2.30. The molecule has 7 nitrogen and oxygen atoms in total. The van der Waals surface area contributed by atoms with Crippen molar-refractivity contribution in [2.24, 2.45) is 0 Å². The van der Waals surface area contributed by atoms with E-state index >= 15 is 0 Å². The molecule has 37 heavy (non-hydrogen) atoms. The van der Waals surface area contributed by atoms with Crippen LogP contribution in [0.4, 0.5) is 13.2 Å². The Morgan fingerprint density at radius 1 is 1.03 bits per heavy atom. The zero-order valence-electron chi connectivity index (χ0n) is 19.2. The molecular weight excluding hydrogens is 503 g/mol. The van der Waals surface area contributed by atoms with E-state index in [0.717, 1.165) is 22.5 Å². The second-order valence-electron chi connectivity index (χ2n) is 8.13. The van der Waals surface area contributed by atoms with Gasteiger partial charge in [0.25, 0.3) is 0 Å². The molecule has 2 aromatic heterocycles. The number of amides is 1. The van der Waals surface area contributed by atoms with Crippen LogP contribution >= 0.6 is 11.9 Å². The first-order valence-corrected chi connectivity index (χ1v) is 12.0. The van der Waals surface area contributed by atoms with Crippen LogP contribution in [-0.2, 0) is 17.6 Å². The van der Waals surface area contributed by atoms with E-state index in [1.807, 2.05) is 41.1 Å². The van der Waals surface area contributed by atoms with Crippen molar-refractivity contribution in [2.45, 2.75) is 18.3 Å². The number of hydrogen-bond donors (Lipinski definition) is 3. The van der Waals surface area contributed by atoms with Crippen LogP contribution in [0.2, 0.25) is 0 Å². The molecule has 0 radical (unpaired) electrons. The third-order valence-electron chi connectivity index (χ3n) is 5.49. The maximum Gasteiger partial charge on any atom is 0.461 e. The molecule has 0 unspecified atom stereocenters. The average Bonchev–Trinajstić information content (AvgIpc) is 3.55. The molecular formula is C26H20F3N5O2S. The van der Waals surface area contributed by atoms with E-state index in [1.165, 1.54) is 0 Å². The quantitative estimate of drug-likeness (QED) is 0.212. The number of hydrogen-bond acceptors (Lipinski definition) is 5. The minimum absolute atomic E-state index is 0.295. The number of benzene rings is 3.